The SMILES string of the molecule is CS(=O)(=O)Cc1cccc(C(=O)OCC(=O)NCCC#N)c1. The van der Waals surface area contributed by atoms with Gasteiger partial charge in [0, 0.05) is 12.8 Å². The lowest BCUT2D eigenvalue weighted by molar-refractivity contribution is -0.124. The van der Waals surface area contributed by atoms with Gasteiger partial charge in [0.15, 0.2) is 16.4 Å². The molecule has 0 saturated heterocycles. The Kier molecular flexibility index (Phi) is 6.53. The highest BCUT2D eigenvalue weighted by Gasteiger charge is 2.12. The molecule has 1 aromatic rings. The lowest BCUT2D eigenvalue weighted by Crippen LogP contribution is -2.29. The molecule has 0 saturated carbocycles. The molecule has 0 spiro atoms. The third-order valence-electron chi connectivity index (χ3n) is 2.48. The van der Waals surface area contributed by atoms with E-state index in [1.54, 1.807) is 12.1 Å². The third-order valence-corrected chi connectivity index (χ3v) is 3.34. The van der Waals surface area contributed by atoms with Crippen LogP contribution >= 0.6 is 0 Å². The first-order valence-electron chi connectivity index (χ1n) is 6.39. The summed E-state index contributed by atoms with van der Waals surface area (Å²) in [4.78, 5) is 23.1. The van der Waals surface area contributed by atoms with Gasteiger partial charge in [-0.15, -0.1) is 0 Å². The summed E-state index contributed by atoms with van der Waals surface area (Å²) in [6.45, 7) is -0.267. The van der Waals surface area contributed by atoms with Crippen LogP contribution in [0.4, 0.5) is 0 Å². The fourth-order valence-electron chi connectivity index (χ4n) is 1.61. The van der Waals surface area contributed by atoms with Gasteiger partial charge in [0.1, 0.15) is 0 Å². The summed E-state index contributed by atoms with van der Waals surface area (Å²) in [6, 6.07) is 7.89. The molecule has 0 radical (unpaired) electrons. The molecule has 8 heteroatoms. The van der Waals surface area contributed by atoms with E-state index in [2.05, 4.69) is 5.32 Å². The number of hydrogen-bond acceptors (Lipinski definition) is 6. The zero-order valence-electron chi connectivity index (χ0n) is 12.0. The molecule has 0 bridgehead atoms. The summed E-state index contributed by atoms with van der Waals surface area (Å²) in [5, 5.41) is 10.7. The van der Waals surface area contributed by atoms with Gasteiger partial charge in [0.05, 0.1) is 23.8 Å². The molecule has 0 aromatic heterocycles. The Balaban J connectivity index is 2.57. The Morgan fingerprint density at radius 3 is 2.73 bits per heavy atom. The van der Waals surface area contributed by atoms with E-state index in [-0.39, 0.29) is 24.3 Å². The van der Waals surface area contributed by atoms with Crippen LogP contribution in [0.15, 0.2) is 24.3 Å². The van der Waals surface area contributed by atoms with Crippen LogP contribution in [0.5, 0.6) is 0 Å². The standard InChI is InChI=1S/C14H16N2O5S/c1-22(19,20)10-11-4-2-5-12(8-11)14(18)21-9-13(17)16-7-3-6-15/h2,4-5,8H,3,7,9-10H2,1H3,(H,16,17). The summed E-state index contributed by atoms with van der Waals surface area (Å²) >= 11 is 0. The normalized spacial score (nSPS) is 10.5. The van der Waals surface area contributed by atoms with Crippen LogP contribution in [0.1, 0.15) is 22.3 Å². The minimum absolute atomic E-state index is 0.172. The van der Waals surface area contributed by atoms with Gasteiger partial charge < -0.3 is 10.1 Å². The Labute approximate surface area is 128 Å². The molecule has 1 N–H and O–H groups in total. The maximum Gasteiger partial charge on any atom is 0.338 e. The number of rotatable bonds is 7. The smallest absolute Gasteiger partial charge is 0.338 e. The molecule has 22 heavy (non-hydrogen) atoms. The molecule has 1 rings (SSSR count). The Hall–Kier alpha value is -2.40. The Morgan fingerprint density at radius 1 is 1.36 bits per heavy atom. The zero-order valence-corrected chi connectivity index (χ0v) is 12.9. The number of nitrogens with one attached hydrogen (secondary N) is 1. The van der Waals surface area contributed by atoms with Gasteiger partial charge >= 0.3 is 5.97 Å². The van der Waals surface area contributed by atoms with Crippen LogP contribution < -0.4 is 5.32 Å². The fraction of sp³-hybridized carbons (Fsp3) is 0.357. The first-order chi connectivity index (χ1) is 10.3. The number of carbonyl (C=O) groups excluding carboxylic acids is 2. The van der Waals surface area contributed by atoms with Gasteiger partial charge in [0.2, 0.25) is 0 Å². The van der Waals surface area contributed by atoms with E-state index in [0.717, 1.165) is 6.26 Å². The molecule has 0 aliphatic carbocycles. The van der Waals surface area contributed by atoms with Gasteiger partial charge in [-0.3, -0.25) is 4.79 Å². The van der Waals surface area contributed by atoms with Crippen molar-refractivity contribution in [2.75, 3.05) is 19.4 Å². The quantitative estimate of drug-likeness (QED) is 0.574. The fourth-order valence-corrected chi connectivity index (χ4v) is 2.40. The first kappa shape index (κ1) is 17.7. The Bertz CT molecular complexity index is 691. The van der Waals surface area contributed by atoms with Crippen LogP contribution in [0.3, 0.4) is 0 Å². The molecule has 118 valence electrons. The summed E-state index contributed by atoms with van der Waals surface area (Å²) in [6.07, 6.45) is 1.27. The molecule has 0 aliphatic rings. The second kappa shape index (κ2) is 8.14. The molecule has 1 aromatic carbocycles. The van der Waals surface area contributed by atoms with Gasteiger partial charge in [-0.05, 0) is 17.7 Å². The van der Waals surface area contributed by atoms with E-state index >= 15 is 0 Å². The topological polar surface area (TPSA) is 113 Å². The van der Waals surface area contributed by atoms with E-state index in [1.165, 1.54) is 12.1 Å². The molecular weight excluding hydrogens is 308 g/mol. The predicted octanol–water partition coefficient (Wildman–Crippen LogP) is 0.418. The molecule has 0 atom stereocenters. The molecular formula is C14H16N2O5S. The van der Waals surface area contributed by atoms with Crippen LogP contribution in [-0.4, -0.2) is 39.7 Å². The van der Waals surface area contributed by atoms with Crippen molar-refractivity contribution in [2.24, 2.45) is 0 Å². The lowest BCUT2D eigenvalue weighted by atomic mass is 10.1. The number of esters is 1. The maximum atomic E-state index is 11.8. The van der Waals surface area contributed by atoms with Gasteiger partial charge in [-0.1, -0.05) is 12.1 Å². The molecule has 0 fully saturated rings. The van der Waals surface area contributed by atoms with Gasteiger partial charge in [-0.2, -0.15) is 5.26 Å². The van der Waals surface area contributed by atoms with Crippen LogP contribution in [0.25, 0.3) is 0 Å². The predicted molar refractivity (Wildman–Crippen MR) is 78.5 cm³/mol. The number of sulfone groups is 1. The number of hydrogen-bond donors (Lipinski definition) is 1. The number of ether oxygens (including phenoxy) is 1. The van der Waals surface area contributed by atoms with E-state index in [4.69, 9.17) is 10.00 Å². The van der Waals surface area contributed by atoms with Crippen molar-refractivity contribution in [3.63, 3.8) is 0 Å². The van der Waals surface area contributed by atoms with Crippen molar-refractivity contribution in [3.05, 3.63) is 35.4 Å². The minimum atomic E-state index is -3.20. The van der Waals surface area contributed by atoms with E-state index in [9.17, 15) is 18.0 Å². The number of benzene rings is 1. The van der Waals surface area contributed by atoms with Crippen molar-refractivity contribution in [1.29, 1.82) is 5.26 Å². The summed E-state index contributed by atoms with van der Waals surface area (Å²) in [7, 11) is -3.20. The van der Waals surface area contributed by atoms with Crippen LogP contribution in [0.2, 0.25) is 0 Å². The summed E-state index contributed by atoms with van der Waals surface area (Å²) in [5.74, 6) is -1.40. The molecule has 1 amide bonds. The van der Waals surface area contributed by atoms with E-state index in [0.29, 0.717) is 5.56 Å². The van der Waals surface area contributed by atoms with Crippen molar-refractivity contribution in [1.82, 2.24) is 5.32 Å². The highest BCUT2D eigenvalue weighted by atomic mass is 32.2. The van der Waals surface area contributed by atoms with Crippen molar-refractivity contribution < 1.29 is 22.7 Å². The highest BCUT2D eigenvalue weighted by molar-refractivity contribution is 7.89. The zero-order chi connectivity index (χ0) is 16.6. The summed E-state index contributed by atoms with van der Waals surface area (Å²) in [5.41, 5.74) is 0.640. The minimum Gasteiger partial charge on any atom is -0.452 e. The van der Waals surface area contributed by atoms with Crippen molar-refractivity contribution >= 4 is 21.7 Å². The number of nitriles is 1. The maximum absolute atomic E-state index is 11.8. The number of nitrogens with zero attached hydrogens (tertiary/aromatic N) is 1. The van der Waals surface area contributed by atoms with Gasteiger partial charge in [0.25, 0.3) is 5.91 Å². The monoisotopic (exact) mass is 324 g/mol. The highest BCUT2D eigenvalue weighted by Crippen LogP contribution is 2.10. The number of amides is 1. The van der Waals surface area contributed by atoms with E-state index < -0.39 is 28.3 Å². The second-order valence-electron chi connectivity index (χ2n) is 4.60. The lowest BCUT2D eigenvalue weighted by Gasteiger charge is -2.06. The van der Waals surface area contributed by atoms with Gasteiger partial charge in [-0.25, -0.2) is 13.2 Å². The Morgan fingerprint density at radius 2 is 2.09 bits per heavy atom. The average molecular weight is 324 g/mol. The second-order valence-corrected chi connectivity index (χ2v) is 6.74. The van der Waals surface area contributed by atoms with E-state index in [1.807, 2.05) is 6.07 Å². The third kappa shape index (κ3) is 6.85. The molecule has 0 heterocycles. The summed E-state index contributed by atoms with van der Waals surface area (Å²) < 4.78 is 27.3. The van der Waals surface area contributed by atoms with Crippen molar-refractivity contribution in [2.45, 2.75) is 12.2 Å². The average Bonchev–Trinajstić information content (AvgIpc) is 2.43. The molecule has 0 aliphatic heterocycles. The van der Waals surface area contributed by atoms with Crippen LogP contribution in [0, 0.1) is 11.3 Å². The van der Waals surface area contributed by atoms with Crippen molar-refractivity contribution in [3.8, 4) is 6.07 Å². The largest absolute Gasteiger partial charge is 0.452 e. The van der Waals surface area contributed by atoms with Crippen LogP contribution in [-0.2, 0) is 25.1 Å². The first-order valence-corrected chi connectivity index (χ1v) is 8.45. The number of carbonyl (C=O) groups is 2. The molecule has 0 unspecified atom stereocenters. The molecule has 7 nitrogen and oxygen atoms in total.